The molecule has 9 nitrogen and oxygen atoms in total. The average Bonchev–Trinajstić information content (AvgIpc) is 3.46. The summed E-state index contributed by atoms with van der Waals surface area (Å²) in [5, 5.41) is 15.4. The summed E-state index contributed by atoms with van der Waals surface area (Å²) in [6.07, 6.45) is 0.180. The highest BCUT2D eigenvalue weighted by atomic mass is 19.1. The molecular weight excluding hydrogens is 439 g/mol. The van der Waals surface area contributed by atoms with Gasteiger partial charge in [0.05, 0.1) is 12.5 Å². The lowest BCUT2D eigenvalue weighted by atomic mass is 10.1. The van der Waals surface area contributed by atoms with Crippen LogP contribution in [0.25, 0.3) is 17.0 Å². The van der Waals surface area contributed by atoms with Gasteiger partial charge in [0, 0.05) is 30.3 Å². The molecule has 1 fully saturated rings. The maximum absolute atomic E-state index is 13.2. The zero-order valence-corrected chi connectivity index (χ0v) is 18.1. The van der Waals surface area contributed by atoms with Gasteiger partial charge in [-0.2, -0.15) is 4.52 Å². The van der Waals surface area contributed by atoms with Crippen LogP contribution in [-0.4, -0.2) is 51.3 Å². The van der Waals surface area contributed by atoms with Gasteiger partial charge in [-0.1, -0.05) is 18.2 Å². The molecule has 172 valence electrons. The number of hydrogen-bond donors (Lipinski definition) is 1. The van der Waals surface area contributed by atoms with Crippen LogP contribution in [0.5, 0.6) is 5.88 Å². The topological polar surface area (TPSA) is 102 Å². The van der Waals surface area contributed by atoms with Crippen molar-refractivity contribution in [3.63, 3.8) is 0 Å². The van der Waals surface area contributed by atoms with Crippen LogP contribution in [-0.2, 0) is 9.59 Å². The number of amides is 2. The lowest BCUT2D eigenvalue weighted by molar-refractivity contribution is -0.126. The Bertz CT molecular complexity index is 1330. The molecule has 0 bridgehead atoms. The van der Waals surface area contributed by atoms with Crippen molar-refractivity contribution >= 4 is 23.1 Å². The second-order valence-corrected chi connectivity index (χ2v) is 7.85. The van der Waals surface area contributed by atoms with E-state index in [4.69, 9.17) is 4.74 Å². The minimum Gasteiger partial charge on any atom is -0.475 e. The molecule has 3 heterocycles. The molecule has 5 rings (SSSR count). The molecule has 0 spiro atoms. The zero-order chi connectivity index (χ0) is 23.5. The highest BCUT2D eigenvalue weighted by Crippen LogP contribution is 2.25. The normalized spacial score (nSPS) is 15.6. The first-order chi connectivity index (χ1) is 16.6. The van der Waals surface area contributed by atoms with E-state index in [1.165, 1.54) is 16.6 Å². The lowest BCUT2D eigenvalue weighted by Crippen LogP contribution is -2.35. The van der Waals surface area contributed by atoms with Crippen molar-refractivity contribution < 1.29 is 18.7 Å². The van der Waals surface area contributed by atoms with E-state index < -0.39 is 5.92 Å². The zero-order valence-electron chi connectivity index (χ0n) is 18.1. The first-order valence-corrected chi connectivity index (χ1v) is 10.8. The highest BCUT2D eigenvalue weighted by molar-refractivity contribution is 6.00. The number of aromatic nitrogens is 4. The number of rotatable bonds is 7. The minimum absolute atomic E-state index is 0.0639. The van der Waals surface area contributed by atoms with Gasteiger partial charge in [0.2, 0.25) is 17.7 Å². The number of halogens is 1. The fourth-order valence-electron chi connectivity index (χ4n) is 3.84. The summed E-state index contributed by atoms with van der Waals surface area (Å²) in [7, 11) is 0. The van der Waals surface area contributed by atoms with Crippen molar-refractivity contribution in [2.45, 2.75) is 6.42 Å². The molecule has 1 aliphatic heterocycles. The predicted molar refractivity (Wildman–Crippen MR) is 122 cm³/mol. The maximum atomic E-state index is 13.2. The monoisotopic (exact) mass is 460 g/mol. The molecule has 0 radical (unpaired) electrons. The van der Waals surface area contributed by atoms with Crippen LogP contribution in [0.1, 0.15) is 6.42 Å². The molecule has 2 amide bonds. The van der Waals surface area contributed by atoms with Crippen molar-refractivity contribution in [3.8, 4) is 17.3 Å². The third kappa shape index (κ3) is 4.42. The van der Waals surface area contributed by atoms with Crippen molar-refractivity contribution in [1.29, 1.82) is 0 Å². The number of nitrogens with one attached hydrogen (secondary N) is 1. The molecule has 4 aromatic rings. The summed E-state index contributed by atoms with van der Waals surface area (Å²) < 4.78 is 20.4. The van der Waals surface area contributed by atoms with Gasteiger partial charge in [0.15, 0.2) is 11.5 Å². The summed E-state index contributed by atoms with van der Waals surface area (Å²) in [5.74, 6) is -0.204. The molecule has 10 heteroatoms. The van der Waals surface area contributed by atoms with Gasteiger partial charge in [0.25, 0.3) is 0 Å². The van der Waals surface area contributed by atoms with Gasteiger partial charge in [-0.25, -0.2) is 4.39 Å². The SMILES string of the molecule is O=C(NCCOc1ccc2nnc(-c3ccc(F)cc3)n2n1)C1CC(=O)N(c2ccccc2)C1. The van der Waals surface area contributed by atoms with E-state index in [9.17, 15) is 14.0 Å². The van der Waals surface area contributed by atoms with Gasteiger partial charge in [0.1, 0.15) is 12.4 Å². The number of para-hydroxylation sites is 1. The highest BCUT2D eigenvalue weighted by Gasteiger charge is 2.34. The van der Waals surface area contributed by atoms with Crippen LogP contribution in [0.4, 0.5) is 10.1 Å². The van der Waals surface area contributed by atoms with Crippen LogP contribution >= 0.6 is 0 Å². The summed E-state index contributed by atoms with van der Waals surface area (Å²) in [4.78, 5) is 26.5. The second kappa shape index (κ2) is 9.26. The number of carbonyl (C=O) groups excluding carboxylic acids is 2. The van der Waals surface area contributed by atoms with E-state index in [0.29, 0.717) is 29.5 Å². The number of carbonyl (C=O) groups is 2. The quantitative estimate of drug-likeness (QED) is 0.425. The van der Waals surface area contributed by atoms with Crippen LogP contribution in [0.2, 0.25) is 0 Å². The Balaban J connectivity index is 1.16. The number of ether oxygens (including phenoxy) is 1. The van der Waals surface area contributed by atoms with Gasteiger partial charge in [-0.05, 0) is 42.5 Å². The largest absolute Gasteiger partial charge is 0.475 e. The number of hydrogen-bond acceptors (Lipinski definition) is 6. The van der Waals surface area contributed by atoms with E-state index in [0.717, 1.165) is 5.69 Å². The van der Waals surface area contributed by atoms with Crippen molar-refractivity contribution in [3.05, 3.63) is 72.5 Å². The standard InChI is InChI=1S/C24H21FN6O3/c25-18-8-6-16(7-9-18)23-28-27-20-10-11-21(29-31(20)23)34-13-12-26-24(33)17-14-22(32)30(15-17)19-4-2-1-3-5-19/h1-11,17H,12-15H2,(H,26,33). The Hall–Kier alpha value is -4.34. The maximum Gasteiger partial charge on any atom is 0.231 e. The van der Waals surface area contributed by atoms with Crippen LogP contribution in [0.15, 0.2) is 66.7 Å². The molecule has 1 unspecified atom stereocenters. The number of fused-ring (bicyclic) bond motifs is 1. The van der Waals surface area contributed by atoms with Gasteiger partial charge >= 0.3 is 0 Å². The summed E-state index contributed by atoms with van der Waals surface area (Å²) in [6.45, 7) is 0.816. The molecule has 1 atom stereocenters. The minimum atomic E-state index is -0.405. The fourth-order valence-corrected chi connectivity index (χ4v) is 3.84. The Labute approximate surface area is 194 Å². The lowest BCUT2D eigenvalue weighted by Gasteiger charge is -2.16. The van der Waals surface area contributed by atoms with Crippen LogP contribution < -0.4 is 15.0 Å². The van der Waals surface area contributed by atoms with E-state index in [2.05, 4.69) is 20.6 Å². The summed E-state index contributed by atoms with van der Waals surface area (Å²) in [5.41, 5.74) is 1.98. The molecule has 2 aromatic heterocycles. The fraction of sp³-hybridized carbons (Fsp3) is 0.208. The number of anilines is 1. The molecule has 0 aliphatic carbocycles. The van der Waals surface area contributed by atoms with E-state index in [1.807, 2.05) is 30.3 Å². The molecular formula is C24H21FN6O3. The molecule has 1 saturated heterocycles. The summed E-state index contributed by atoms with van der Waals surface area (Å²) >= 11 is 0. The van der Waals surface area contributed by atoms with Crippen molar-refractivity contribution in [2.24, 2.45) is 5.92 Å². The Kier molecular flexibility index (Phi) is 5.86. The van der Waals surface area contributed by atoms with Crippen molar-refractivity contribution in [1.82, 2.24) is 25.1 Å². The number of nitrogens with zero attached hydrogens (tertiary/aromatic N) is 5. The van der Waals surface area contributed by atoms with E-state index in [1.54, 1.807) is 29.2 Å². The molecule has 2 aromatic carbocycles. The number of benzene rings is 2. The average molecular weight is 460 g/mol. The van der Waals surface area contributed by atoms with Gasteiger partial charge in [-0.15, -0.1) is 15.3 Å². The van der Waals surface area contributed by atoms with E-state index in [-0.39, 0.29) is 37.2 Å². The Morgan fingerprint density at radius 2 is 1.85 bits per heavy atom. The molecule has 1 aliphatic rings. The molecule has 0 saturated carbocycles. The molecule has 1 N–H and O–H groups in total. The van der Waals surface area contributed by atoms with Gasteiger partial charge < -0.3 is 15.0 Å². The molecule has 34 heavy (non-hydrogen) atoms. The first kappa shape index (κ1) is 21.5. The van der Waals surface area contributed by atoms with E-state index >= 15 is 0 Å². The Morgan fingerprint density at radius 1 is 1.06 bits per heavy atom. The predicted octanol–water partition coefficient (Wildman–Crippen LogP) is 2.48. The second-order valence-electron chi connectivity index (χ2n) is 7.85. The third-order valence-corrected chi connectivity index (χ3v) is 5.56. The first-order valence-electron chi connectivity index (χ1n) is 10.8. The van der Waals surface area contributed by atoms with Gasteiger partial charge in [-0.3, -0.25) is 9.59 Å². The third-order valence-electron chi connectivity index (χ3n) is 5.56. The smallest absolute Gasteiger partial charge is 0.231 e. The van der Waals surface area contributed by atoms with Crippen LogP contribution in [0, 0.1) is 11.7 Å². The van der Waals surface area contributed by atoms with Crippen LogP contribution in [0.3, 0.4) is 0 Å². The summed E-state index contributed by atoms with van der Waals surface area (Å²) in [6, 6.07) is 18.6. The van der Waals surface area contributed by atoms with Crippen molar-refractivity contribution in [2.75, 3.05) is 24.6 Å². The Morgan fingerprint density at radius 3 is 2.65 bits per heavy atom.